The number of halogens is 2. The molecule has 8 heteroatoms. The summed E-state index contributed by atoms with van der Waals surface area (Å²) in [4.78, 5) is 0. The highest BCUT2D eigenvalue weighted by Gasteiger charge is 2.06. The molecule has 0 atom stereocenters. The molecule has 5 nitrogen and oxygen atoms in total. The van der Waals surface area contributed by atoms with Gasteiger partial charge in [0, 0.05) is 6.42 Å². The molecule has 1 aromatic heterocycles. The molecule has 0 aliphatic heterocycles. The minimum Gasteiger partial charge on any atom is -0.489 e. The van der Waals surface area contributed by atoms with E-state index in [1.54, 1.807) is 6.07 Å². The molecule has 0 saturated carbocycles. The molecule has 3 rings (SSSR count). The first-order valence-corrected chi connectivity index (χ1v) is 9.79. The van der Waals surface area contributed by atoms with E-state index in [1.165, 1.54) is 0 Å². The minimum atomic E-state index is 0.418. The molecule has 142 valence electrons. The molecule has 0 radical (unpaired) electrons. The lowest BCUT2D eigenvalue weighted by Gasteiger charge is -2.12. The number of benzene rings is 2. The standard InChI is InChI=1S/C19H20Cl2N4OS/c1-2-4-18-23-24-19(27)25(18)22-11-13-5-3-6-15(9-13)26-12-14-7-8-16(20)17(21)10-14/h3,5-10,22H,2,4,11-12H2,1H3,(H,24,27). The second-order valence-electron chi connectivity index (χ2n) is 6.05. The third-order valence-electron chi connectivity index (χ3n) is 3.94. The second-order valence-corrected chi connectivity index (χ2v) is 7.25. The third-order valence-corrected chi connectivity index (χ3v) is 4.96. The Morgan fingerprint density at radius 2 is 2.00 bits per heavy atom. The van der Waals surface area contributed by atoms with Crippen molar-refractivity contribution in [2.24, 2.45) is 0 Å². The maximum Gasteiger partial charge on any atom is 0.214 e. The molecule has 27 heavy (non-hydrogen) atoms. The number of hydrogen-bond donors (Lipinski definition) is 2. The Bertz CT molecular complexity index is 970. The van der Waals surface area contributed by atoms with Gasteiger partial charge in [0.05, 0.1) is 16.6 Å². The summed E-state index contributed by atoms with van der Waals surface area (Å²) in [5.41, 5.74) is 5.34. The first-order valence-electron chi connectivity index (χ1n) is 8.62. The number of rotatable bonds is 8. The number of nitrogens with zero attached hydrogens (tertiary/aromatic N) is 2. The summed E-state index contributed by atoms with van der Waals surface area (Å²) in [6.45, 7) is 3.13. The zero-order chi connectivity index (χ0) is 19.2. The first kappa shape index (κ1) is 19.7. The fourth-order valence-corrected chi connectivity index (χ4v) is 3.13. The van der Waals surface area contributed by atoms with Crippen molar-refractivity contribution in [1.29, 1.82) is 0 Å². The SMILES string of the molecule is CCCc1n[nH]c(=S)n1NCc1cccc(OCc2ccc(Cl)c(Cl)c2)c1. The summed E-state index contributed by atoms with van der Waals surface area (Å²) >= 11 is 17.3. The van der Waals surface area contributed by atoms with Crippen LogP contribution in [0.15, 0.2) is 42.5 Å². The van der Waals surface area contributed by atoms with Crippen LogP contribution in [0.25, 0.3) is 0 Å². The number of aromatic nitrogens is 3. The largest absolute Gasteiger partial charge is 0.489 e. The lowest BCUT2D eigenvalue weighted by atomic mass is 10.2. The van der Waals surface area contributed by atoms with Crippen molar-refractivity contribution in [3.05, 3.63) is 74.2 Å². The van der Waals surface area contributed by atoms with Crippen LogP contribution in [0.3, 0.4) is 0 Å². The normalized spacial score (nSPS) is 10.8. The summed E-state index contributed by atoms with van der Waals surface area (Å²) in [6, 6.07) is 13.4. The van der Waals surface area contributed by atoms with Crippen LogP contribution in [0, 0.1) is 4.77 Å². The van der Waals surface area contributed by atoms with Gasteiger partial charge in [-0.05, 0) is 54.0 Å². The summed E-state index contributed by atoms with van der Waals surface area (Å²) in [5, 5.41) is 8.13. The van der Waals surface area contributed by atoms with Crippen LogP contribution in [0.2, 0.25) is 10.0 Å². The Balaban J connectivity index is 1.63. The Kier molecular flexibility index (Phi) is 6.77. The number of hydrogen-bond acceptors (Lipinski definition) is 4. The number of H-pyrrole nitrogens is 1. The molecule has 2 aromatic carbocycles. The maximum atomic E-state index is 6.04. The monoisotopic (exact) mass is 422 g/mol. The molecule has 3 aromatic rings. The van der Waals surface area contributed by atoms with Gasteiger partial charge in [-0.15, -0.1) is 0 Å². The van der Waals surface area contributed by atoms with Crippen LogP contribution in [0.5, 0.6) is 5.75 Å². The van der Waals surface area contributed by atoms with E-state index in [1.807, 2.05) is 41.1 Å². The van der Waals surface area contributed by atoms with Crippen LogP contribution in [0.1, 0.15) is 30.3 Å². The highest BCUT2D eigenvalue weighted by atomic mass is 35.5. The lowest BCUT2D eigenvalue weighted by Crippen LogP contribution is -2.17. The molecule has 0 aliphatic carbocycles. The van der Waals surface area contributed by atoms with Crippen molar-refractivity contribution in [3.63, 3.8) is 0 Å². The Hall–Kier alpha value is -2.02. The van der Waals surface area contributed by atoms with E-state index in [2.05, 4.69) is 22.5 Å². The van der Waals surface area contributed by atoms with Crippen LogP contribution in [0.4, 0.5) is 0 Å². The highest BCUT2D eigenvalue weighted by Crippen LogP contribution is 2.23. The fourth-order valence-electron chi connectivity index (χ4n) is 2.60. The van der Waals surface area contributed by atoms with Gasteiger partial charge in [0.2, 0.25) is 4.77 Å². The number of nitrogens with one attached hydrogen (secondary N) is 2. The zero-order valence-electron chi connectivity index (χ0n) is 14.8. The molecular formula is C19H20Cl2N4OS. The van der Waals surface area contributed by atoms with Gasteiger partial charge in [-0.25, -0.2) is 4.68 Å². The fraction of sp³-hybridized carbons (Fsp3) is 0.263. The van der Waals surface area contributed by atoms with Crippen molar-refractivity contribution >= 4 is 35.4 Å². The van der Waals surface area contributed by atoms with Gasteiger partial charge in [-0.3, -0.25) is 5.10 Å². The highest BCUT2D eigenvalue weighted by molar-refractivity contribution is 7.71. The predicted molar refractivity (Wildman–Crippen MR) is 112 cm³/mol. The van der Waals surface area contributed by atoms with Gasteiger partial charge < -0.3 is 10.2 Å². The van der Waals surface area contributed by atoms with Gasteiger partial charge in [-0.1, -0.05) is 48.3 Å². The van der Waals surface area contributed by atoms with E-state index in [-0.39, 0.29) is 0 Å². The molecule has 0 bridgehead atoms. The van der Waals surface area contributed by atoms with Crippen LogP contribution in [-0.2, 0) is 19.6 Å². The van der Waals surface area contributed by atoms with Crippen molar-refractivity contribution in [2.45, 2.75) is 32.9 Å². The second kappa shape index (κ2) is 9.26. The number of aryl methyl sites for hydroxylation is 1. The van der Waals surface area contributed by atoms with Gasteiger partial charge in [0.15, 0.2) is 5.82 Å². The molecule has 0 amide bonds. The molecular weight excluding hydrogens is 403 g/mol. The van der Waals surface area contributed by atoms with E-state index in [0.717, 1.165) is 35.5 Å². The third kappa shape index (κ3) is 5.25. The molecule has 2 N–H and O–H groups in total. The van der Waals surface area contributed by atoms with Crippen LogP contribution < -0.4 is 10.2 Å². The Labute approximate surface area is 173 Å². The van der Waals surface area contributed by atoms with Gasteiger partial charge in [0.1, 0.15) is 12.4 Å². The smallest absolute Gasteiger partial charge is 0.214 e. The number of ether oxygens (including phenoxy) is 1. The average molecular weight is 423 g/mol. The minimum absolute atomic E-state index is 0.418. The number of aromatic amines is 1. The summed E-state index contributed by atoms with van der Waals surface area (Å²) < 4.78 is 8.26. The molecule has 0 spiro atoms. The van der Waals surface area contributed by atoms with Crippen molar-refractivity contribution in [1.82, 2.24) is 14.9 Å². The molecule has 0 aliphatic rings. The first-order chi connectivity index (χ1) is 13.1. The van der Waals surface area contributed by atoms with E-state index < -0.39 is 0 Å². The Morgan fingerprint density at radius 1 is 1.15 bits per heavy atom. The maximum absolute atomic E-state index is 6.04. The van der Waals surface area contributed by atoms with Crippen molar-refractivity contribution in [3.8, 4) is 5.75 Å². The molecule has 0 unspecified atom stereocenters. The Morgan fingerprint density at radius 3 is 2.78 bits per heavy atom. The van der Waals surface area contributed by atoms with Crippen LogP contribution >= 0.6 is 35.4 Å². The summed E-state index contributed by atoms with van der Waals surface area (Å²) in [5.74, 6) is 1.68. The van der Waals surface area contributed by atoms with Crippen molar-refractivity contribution in [2.75, 3.05) is 5.43 Å². The quantitative estimate of drug-likeness (QED) is 0.469. The van der Waals surface area contributed by atoms with E-state index in [4.69, 9.17) is 40.2 Å². The molecule has 0 saturated heterocycles. The lowest BCUT2D eigenvalue weighted by molar-refractivity contribution is 0.306. The van der Waals surface area contributed by atoms with Crippen LogP contribution in [-0.4, -0.2) is 14.9 Å². The zero-order valence-corrected chi connectivity index (χ0v) is 17.2. The topological polar surface area (TPSA) is 54.9 Å². The average Bonchev–Trinajstić information content (AvgIpc) is 3.01. The van der Waals surface area contributed by atoms with Gasteiger partial charge in [-0.2, -0.15) is 5.10 Å². The molecule has 0 fully saturated rings. The van der Waals surface area contributed by atoms with E-state index in [0.29, 0.717) is 28.0 Å². The van der Waals surface area contributed by atoms with Gasteiger partial charge >= 0.3 is 0 Å². The van der Waals surface area contributed by atoms with E-state index >= 15 is 0 Å². The molecule has 1 heterocycles. The summed E-state index contributed by atoms with van der Waals surface area (Å²) in [6.07, 6.45) is 1.85. The summed E-state index contributed by atoms with van der Waals surface area (Å²) in [7, 11) is 0. The predicted octanol–water partition coefficient (Wildman–Crippen LogP) is 5.52. The van der Waals surface area contributed by atoms with Crippen molar-refractivity contribution < 1.29 is 4.74 Å². The van der Waals surface area contributed by atoms with Gasteiger partial charge in [0.25, 0.3) is 0 Å². The van der Waals surface area contributed by atoms with E-state index in [9.17, 15) is 0 Å².